The molecule has 0 radical (unpaired) electrons. The van der Waals surface area contributed by atoms with Crippen LogP contribution in [0.4, 0.5) is 0 Å². The van der Waals surface area contributed by atoms with Gasteiger partial charge in [-0.2, -0.15) is 0 Å². The Balaban J connectivity index is 2.15. The molecule has 0 aromatic heterocycles. The third-order valence-corrected chi connectivity index (χ3v) is 8.57. The minimum absolute atomic E-state index is 0.193. The van der Waals surface area contributed by atoms with E-state index < -0.39 is 0 Å². The number of unbranched alkanes of at least 4 members (excludes halogenated alkanes) is 2. The van der Waals surface area contributed by atoms with Crippen molar-refractivity contribution in [2.45, 2.75) is 90.9 Å². The zero-order valence-electron chi connectivity index (χ0n) is 19.5. The van der Waals surface area contributed by atoms with Crippen LogP contribution < -0.4 is 0 Å². The van der Waals surface area contributed by atoms with Crippen molar-refractivity contribution in [2.24, 2.45) is 0 Å². The summed E-state index contributed by atoms with van der Waals surface area (Å²) in [5, 5.41) is 5.17. The minimum atomic E-state index is 0.193. The Kier molecular flexibility index (Phi) is 7.40. The van der Waals surface area contributed by atoms with Crippen LogP contribution in [0.2, 0.25) is 0 Å². The van der Waals surface area contributed by atoms with E-state index in [1.165, 1.54) is 80.1 Å². The molecule has 0 fully saturated rings. The van der Waals surface area contributed by atoms with E-state index >= 15 is 0 Å². The van der Waals surface area contributed by atoms with Crippen LogP contribution in [0.15, 0.2) is 45.3 Å². The van der Waals surface area contributed by atoms with Gasteiger partial charge >= 0.3 is 0 Å². The number of hydrogen-bond acceptors (Lipinski definition) is 0. The summed E-state index contributed by atoms with van der Waals surface area (Å²) < 4.78 is 2.42. The lowest BCUT2D eigenvalue weighted by molar-refractivity contribution is 0.458. The molecule has 0 spiro atoms. The van der Waals surface area contributed by atoms with Crippen molar-refractivity contribution in [3.8, 4) is 0 Å². The van der Waals surface area contributed by atoms with Crippen molar-refractivity contribution in [3.63, 3.8) is 0 Å². The van der Waals surface area contributed by atoms with Crippen LogP contribution in [0.5, 0.6) is 0 Å². The van der Waals surface area contributed by atoms with Crippen molar-refractivity contribution in [1.82, 2.24) is 0 Å². The molecule has 0 nitrogen and oxygen atoms in total. The molecule has 2 heteroatoms. The van der Waals surface area contributed by atoms with E-state index in [2.05, 4.69) is 110 Å². The molecule has 3 rings (SSSR count). The Morgan fingerprint density at radius 1 is 0.600 bits per heavy atom. The quantitative estimate of drug-likeness (QED) is 0.253. The molecule has 0 aliphatic rings. The standard InChI is InChI=1S/C28H36Br2/c1-7-9-15-27(3,4)19-11-13-21-23(17-19)25(29)22-14-12-20(18-24(22)26(21)30)28(5,6)16-10-8-2/h11-14,17-18H,7-10,15-16H2,1-6H3. The van der Waals surface area contributed by atoms with Gasteiger partial charge in [0.1, 0.15) is 0 Å². The largest absolute Gasteiger partial charge is 0.0654 e. The van der Waals surface area contributed by atoms with Gasteiger partial charge in [0.15, 0.2) is 0 Å². The number of halogens is 2. The zero-order chi connectivity index (χ0) is 22.1. The van der Waals surface area contributed by atoms with Crippen molar-refractivity contribution in [1.29, 1.82) is 0 Å². The van der Waals surface area contributed by atoms with Crippen molar-refractivity contribution in [3.05, 3.63) is 56.5 Å². The van der Waals surface area contributed by atoms with Gasteiger partial charge in [-0.3, -0.25) is 0 Å². The van der Waals surface area contributed by atoms with E-state index in [-0.39, 0.29) is 10.8 Å². The fourth-order valence-electron chi connectivity index (χ4n) is 4.49. The van der Waals surface area contributed by atoms with Crippen LogP contribution in [-0.4, -0.2) is 0 Å². The van der Waals surface area contributed by atoms with Crippen LogP contribution in [0.3, 0.4) is 0 Å². The van der Waals surface area contributed by atoms with Crippen molar-refractivity contribution < 1.29 is 0 Å². The summed E-state index contributed by atoms with van der Waals surface area (Å²) in [4.78, 5) is 0. The van der Waals surface area contributed by atoms with Gasteiger partial charge in [0, 0.05) is 8.95 Å². The number of hydrogen-bond donors (Lipinski definition) is 0. The Morgan fingerprint density at radius 2 is 0.967 bits per heavy atom. The van der Waals surface area contributed by atoms with Crippen LogP contribution in [0.25, 0.3) is 21.5 Å². The predicted molar refractivity (Wildman–Crippen MR) is 142 cm³/mol. The van der Waals surface area contributed by atoms with Crippen LogP contribution in [0.1, 0.15) is 91.2 Å². The van der Waals surface area contributed by atoms with Crippen molar-refractivity contribution in [2.75, 3.05) is 0 Å². The Bertz CT molecular complexity index is 958. The molecule has 0 aliphatic heterocycles. The molecule has 0 saturated carbocycles. The van der Waals surface area contributed by atoms with E-state index in [1.54, 1.807) is 0 Å². The summed E-state index contributed by atoms with van der Waals surface area (Å²) in [6.45, 7) is 14.0. The van der Waals surface area contributed by atoms with Crippen LogP contribution >= 0.6 is 31.9 Å². The lowest BCUT2D eigenvalue weighted by Gasteiger charge is -2.27. The molecule has 3 aromatic carbocycles. The van der Waals surface area contributed by atoms with Gasteiger partial charge in [-0.1, -0.05) is 91.5 Å². The lowest BCUT2D eigenvalue weighted by atomic mass is 9.78. The summed E-state index contributed by atoms with van der Waals surface area (Å²) >= 11 is 7.93. The molecule has 30 heavy (non-hydrogen) atoms. The molecule has 3 aromatic rings. The Morgan fingerprint density at radius 3 is 1.30 bits per heavy atom. The summed E-state index contributed by atoms with van der Waals surface area (Å²) in [7, 11) is 0. The molecular formula is C28H36Br2. The summed E-state index contributed by atoms with van der Waals surface area (Å²) in [6.07, 6.45) is 7.46. The van der Waals surface area contributed by atoms with Gasteiger partial charge in [-0.05, 0) is 100 Å². The van der Waals surface area contributed by atoms with Crippen molar-refractivity contribution >= 4 is 53.4 Å². The summed E-state index contributed by atoms with van der Waals surface area (Å²) in [5.74, 6) is 0. The zero-order valence-corrected chi connectivity index (χ0v) is 22.6. The van der Waals surface area contributed by atoms with Gasteiger partial charge in [-0.25, -0.2) is 0 Å². The van der Waals surface area contributed by atoms with Gasteiger partial charge < -0.3 is 0 Å². The number of rotatable bonds is 8. The topological polar surface area (TPSA) is 0 Å². The highest BCUT2D eigenvalue weighted by Gasteiger charge is 2.23. The second-order valence-corrected chi connectivity index (χ2v) is 11.7. The van der Waals surface area contributed by atoms with E-state index in [0.29, 0.717) is 0 Å². The maximum Gasteiger partial charge on any atom is 0.0333 e. The van der Waals surface area contributed by atoms with Gasteiger partial charge in [0.2, 0.25) is 0 Å². The highest BCUT2D eigenvalue weighted by Crippen LogP contribution is 2.43. The molecular weight excluding hydrogens is 496 g/mol. The molecule has 0 heterocycles. The van der Waals surface area contributed by atoms with Crippen LogP contribution in [0, 0.1) is 0 Å². The Hall–Kier alpha value is -0.860. The van der Waals surface area contributed by atoms with E-state index in [1.807, 2.05) is 0 Å². The molecule has 162 valence electrons. The highest BCUT2D eigenvalue weighted by atomic mass is 79.9. The average Bonchev–Trinajstić information content (AvgIpc) is 2.73. The summed E-state index contributed by atoms with van der Waals surface area (Å²) in [5.41, 5.74) is 3.23. The summed E-state index contributed by atoms with van der Waals surface area (Å²) in [6, 6.07) is 14.1. The SMILES string of the molecule is CCCCC(C)(C)c1ccc2c(Br)c3cc(C(C)(C)CCCC)ccc3c(Br)c2c1. The first kappa shape index (κ1) is 23.8. The molecule has 0 N–H and O–H groups in total. The third-order valence-electron chi connectivity index (χ3n) is 6.86. The molecule has 0 bridgehead atoms. The van der Waals surface area contributed by atoms with Gasteiger partial charge in [0.25, 0.3) is 0 Å². The molecule has 0 unspecified atom stereocenters. The van der Waals surface area contributed by atoms with E-state index in [0.717, 1.165) is 0 Å². The minimum Gasteiger partial charge on any atom is -0.0654 e. The average molecular weight is 532 g/mol. The second-order valence-electron chi connectivity index (χ2n) is 10.1. The number of fused-ring (bicyclic) bond motifs is 2. The molecule has 0 amide bonds. The fraction of sp³-hybridized carbons (Fsp3) is 0.500. The van der Waals surface area contributed by atoms with E-state index in [4.69, 9.17) is 0 Å². The van der Waals surface area contributed by atoms with Crippen LogP contribution in [-0.2, 0) is 10.8 Å². The normalized spacial score (nSPS) is 12.8. The first-order chi connectivity index (χ1) is 14.1. The van der Waals surface area contributed by atoms with Gasteiger partial charge in [-0.15, -0.1) is 0 Å². The lowest BCUT2D eigenvalue weighted by Crippen LogP contribution is -2.17. The second kappa shape index (κ2) is 9.33. The first-order valence-electron chi connectivity index (χ1n) is 11.5. The molecule has 0 aliphatic carbocycles. The number of benzene rings is 3. The first-order valence-corrected chi connectivity index (χ1v) is 13.1. The maximum absolute atomic E-state index is 3.97. The van der Waals surface area contributed by atoms with Gasteiger partial charge in [0.05, 0.1) is 0 Å². The predicted octanol–water partition coefficient (Wildman–Crippen LogP) is 10.5. The third kappa shape index (κ3) is 4.65. The smallest absolute Gasteiger partial charge is 0.0333 e. The van der Waals surface area contributed by atoms with E-state index in [9.17, 15) is 0 Å². The fourth-order valence-corrected chi connectivity index (χ4v) is 5.84. The monoisotopic (exact) mass is 530 g/mol. The Labute approximate surface area is 200 Å². The molecule has 0 atom stereocenters. The maximum atomic E-state index is 3.97. The molecule has 0 saturated heterocycles. The highest BCUT2D eigenvalue weighted by molar-refractivity contribution is 9.11.